The van der Waals surface area contributed by atoms with Crippen molar-refractivity contribution in [3.8, 4) is 0 Å². The van der Waals surface area contributed by atoms with Gasteiger partial charge in [-0.1, -0.05) is 0 Å². The molecule has 27 heavy (non-hydrogen) atoms. The van der Waals surface area contributed by atoms with Crippen LogP contribution in [0.4, 0.5) is 15.8 Å². The van der Waals surface area contributed by atoms with Gasteiger partial charge < -0.3 is 5.32 Å². The molecule has 144 valence electrons. The standard InChI is InChI=1S/C18H21FN4O3S/c1-10-15(20-14-7-6-12(27-3)8-13(14)19)16(21-23(2)18(10)25)17(24)22-26-9-11-4-5-11/h6-8,11,20H,4-5,9H2,1-3H3,(H,22,24). The molecule has 1 aliphatic carbocycles. The van der Waals surface area contributed by atoms with Crippen LogP contribution >= 0.6 is 11.8 Å². The summed E-state index contributed by atoms with van der Waals surface area (Å²) in [5, 5.41) is 6.87. The molecule has 9 heteroatoms. The van der Waals surface area contributed by atoms with E-state index in [4.69, 9.17) is 4.84 Å². The molecule has 1 fully saturated rings. The minimum absolute atomic E-state index is 0.0428. The van der Waals surface area contributed by atoms with E-state index in [0.717, 1.165) is 22.4 Å². The Labute approximate surface area is 160 Å². The van der Waals surface area contributed by atoms with Crippen molar-refractivity contribution in [3.63, 3.8) is 0 Å². The number of thioether (sulfide) groups is 1. The number of aromatic nitrogens is 2. The lowest BCUT2D eigenvalue weighted by molar-refractivity contribution is 0.0265. The van der Waals surface area contributed by atoms with Crippen LogP contribution in [-0.2, 0) is 11.9 Å². The van der Waals surface area contributed by atoms with Crippen LogP contribution in [0.1, 0.15) is 28.9 Å². The number of anilines is 2. The largest absolute Gasteiger partial charge is 0.351 e. The van der Waals surface area contributed by atoms with E-state index in [9.17, 15) is 14.0 Å². The molecule has 3 rings (SSSR count). The van der Waals surface area contributed by atoms with E-state index in [1.165, 1.54) is 24.9 Å². The molecule has 0 spiro atoms. The predicted octanol–water partition coefficient (Wildman–Crippen LogP) is 2.76. The van der Waals surface area contributed by atoms with Crippen LogP contribution in [0.25, 0.3) is 0 Å². The van der Waals surface area contributed by atoms with Gasteiger partial charge in [-0.3, -0.25) is 14.4 Å². The summed E-state index contributed by atoms with van der Waals surface area (Å²) in [6.45, 7) is 1.99. The smallest absolute Gasteiger partial charge is 0.297 e. The molecule has 7 nitrogen and oxygen atoms in total. The molecule has 1 heterocycles. The first-order valence-electron chi connectivity index (χ1n) is 8.51. The maximum Gasteiger partial charge on any atom is 0.297 e. The van der Waals surface area contributed by atoms with E-state index in [2.05, 4.69) is 15.9 Å². The number of hydrogen-bond donors (Lipinski definition) is 2. The molecule has 1 aromatic carbocycles. The quantitative estimate of drug-likeness (QED) is 0.557. The minimum Gasteiger partial charge on any atom is -0.351 e. The third-order valence-electron chi connectivity index (χ3n) is 4.31. The maximum atomic E-state index is 14.4. The summed E-state index contributed by atoms with van der Waals surface area (Å²) in [4.78, 5) is 30.7. The van der Waals surface area contributed by atoms with Crippen LogP contribution < -0.4 is 16.4 Å². The summed E-state index contributed by atoms with van der Waals surface area (Å²) >= 11 is 1.42. The van der Waals surface area contributed by atoms with E-state index in [1.54, 1.807) is 19.1 Å². The molecule has 1 amide bonds. The Balaban J connectivity index is 1.91. The minimum atomic E-state index is -0.599. The molecule has 0 atom stereocenters. The Morgan fingerprint density at radius 2 is 2.19 bits per heavy atom. The lowest BCUT2D eigenvalue weighted by Gasteiger charge is -2.15. The SMILES string of the molecule is CSc1ccc(Nc2c(C(=O)NOCC3CC3)nn(C)c(=O)c2C)c(F)c1. The number of carbonyl (C=O) groups excluding carboxylic acids is 1. The van der Waals surface area contributed by atoms with Crippen molar-refractivity contribution < 1.29 is 14.0 Å². The molecule has 2 aromatic rings. The Morgan fingerprint density at radius 1 is 1.44 bits per heavy atom. The Hall–Kier alpha value is -2.39. The number of nitrogens with zero attached hydrogens (tertiary/aromatic N) is 2. The monoisotopic (exact) mass is 392 g/mol. The third kappa shape index (κ3) is 4.48. The van der Waals surface area contributed by atoms with E-state index in [1.807, 2.05) is 6.26 Å². The molecule has 1 aromatic heterocycles. The molecular formula is C18H21FN4O3S. The number of carbonyl (C=O) groups is 1. The number of halogens is 1. The maximum absolute atomic E-state index is 14.4. The van der Waals surface area contributed by atoms with Crippen molar-refractivity contribution in [3.05, 3.63) is 45.6 Å². The van der Waals surface area contributed by atoms with E-state index in [0.29, 0.717) is 12.5 Å². The van der Waals surface area contributed by atoms with Gasteiger partial charge in [-0.15, -0.1) is 11.8 Å². The first-order valence-corrected chi connectivity index (χ1v) is 9.73. The molecule has 0 bridgehead atoms. The number of benzene rings is 1. The third-order valence-corrected chi connectivity index (χ3v) is 5.03. The second-order valence-electron chi connectivity index (χ2n) is 6.43. The summed E-state index contributed by atoms with van der Waals surface area (Å²) in [6.07, 6.45) is 4.03. The van der Waals surface area contributed by atoms with Crippen LogP contribution in [0, 0.1) is 18.7 Å². The molecule has 0 aliphatic heterocycles. The summed E-state index contributed by atoms with van der Waals surface area (Å²) in [5.41, 5.74) is 2.49. The van der Waals surface area contributed by atoms with Crippen molar-refractivity contribution >= 4 is 29.0 Å². The van der Waals surface area contributed by atoms with E-state index >= 15 is 0 Å². The lowest BCUT2D eigenvalue weighted by atomic mass is 10.2. The molecule has 2 N–H and O–H groups in total. The van der Waals surface area contributed by atoms with Crippen LogP contribution in [0.3, 0.4) is 0 Å². The van der Waals surface area contributed by atoms with Crippen molar-refractivity contribution in [2.24, 2.45) is 13.0 Å². The molecule has 0 radical (unpaired) electrons. The average molecular weight is 392 g/mol. The zero-order chi connectivity index (χ0) is 19.6. The van der Waals surface area contributed by atoms with Gasteiger partial charge in [0.25, 0.3) is 11.5 Å². The van der Waals surface area contributed by atoms with Crippen LogP contribution in [0.15, 0.2) is 27.9 Å². The fourth-order valence-electron chi connectivity index (χ4n) is 2.50. The van der Waals surface area contributed by atoms with E-state index < -0.39 is 11.7 Å². The first kappa shape index (κ1) is 19.4. The fraction of sp³-hybridized carbons (Fsp3) is 0.389. The van der Waals surface area contributed by atoms with Gasteiger partial charge in [0.05, 0.1) is 18.0 Å². The van der Waals surface area contributed by atoms with Gasteiger partial charge >= 0.3 is 0 Å². The highest BCUT2D eigenvalue weighted by Gasteiger charge is 2.24. The number of amides is 1. The zero-order valence-corrected chi connectivity index (χ0v) is 16.2. The van der Waals surface area contributed by atoms with Gasteiger partial charge in [0.15, 0.2) is 5.69 Å². The molecular weight excluding hydrogens is 371 g/mol. The second-order valence-corrected chi connectivity index (χ2v) is 7.31. The van der Waals surface area contributed by atoms with Gasteiger partial charge in [0, 0.05) is 17.5 Å². The molecule has 1 saturated carbocycles. The lowest BCUT2D eigenvalue weighted by Crippen LogP contribution is -2.32. The van der Waals surface area contributed by atoms with Gasteiger partial charge in [-0.2, -0.15) is 5.10 Å². The van der Waals surface area contributed by atoms with E-state index in [-0.39, 0.29) is 28.2 Å². The van der Waals surface area contributed by atoms with Gasteiger partial charge in [-0.05, 0) is 50.1 Å². The highest BCUT2D eigenvalue weighted by Crippen LogP contribution is 2.29. The summed E-state index contributed by atoms with van der Waals surface area (Å²) in [5.74, 6) is -0.613. The molecule has 0 unspecified atom stereocenters. The second kappa shape index (κ2) is 8.10. The number of hydrogen-bond acceptors (Lipinski definition) is 6. The number of nitrogens with one attached hydrogen (secondary N) is 2. The molecule has 0 saturated heterocycles. The molecule has 1 aliphatic rings. The van der Waals surface area contributed by atoms with Crippen molar-refractivity contribution in [2.45, 2.75) is 24.7 Å². The Kier molecular flexibility index (Phi) is 5.81. The Bertz CT molecular complexity index is 928. The highest BCUT2D eigenvalue weighted by atomic mass is 32.2. The van der Waals surface area contributed by atoms with Gasteiger partial charge in [0.2, 0.25) is 0 Å². The zero-order valence-electron chi connectivity index (χ0n) is 15.3. The topological polar surface area (TPSA) is 85.2 Å². The van der Waals surface area contributed by atoms with Crippen molar-refractivity contribution in [2.75, 3.05) is 18.2 Å². The summed E-state index contributed by atoms with van der Waals surface area (Å²) < 4.78 is 15.4. The van der Waals surface area contributed by atoms with Crippen LogP contribution in [0.5, 0.6) is 0 Å². The predicted molar refractivity (Wildman–Crippen MR) is 102 cm³/mol. The summed E-state index contributed by atoms with van der Waals surface area (Å²) in [7, 11) is 1.45. The fourth-order valence-corrected chi connectivity index (χ4v) is 2.93. The number of aryl methyl sites for hydroxylation is 1. The first-order chi connectivity index (χ1) is 12.9. The van der Waals surface area contributed by atoms with Gasteiger partial charge in [0.1, 0.15) is 5.82 Å². The normalized spacial score (nSPS) is 13.5. The van der Waals surface area contributed by atoms with Crippen molar-refractivity contribution in [1.29, 1.82) is 0 Å². The van der Waals surface area contributed by atoms with Crippen LogP contribution in [-0.4, -0.2) is 28.6 Å². The van der Waals surface area contributed by atoms with Crippen molar-refractivity contribution in [1.82, 2.24) is 15.3 Å². The van der Waals surface area contributed by atoms with Crippen LogP contribution in [0.2, 0.25) is 0 Å². The average Bonchev–Trinajstić information content (AvgIpc) is 3.47. The Morgan fingerprint density at radius 3 is 2.81 bits per heavy atom. The number of rotatable bonds is 7. The van der Waals surface area contributed by atoms with Gasteiger partial charge in [-0.25, -0.2) is 14.6 Å². The highest BCUT2D eigenvalue weighted by molar-refractivity contribution is 7.98. The number of hydroxylamine groups is 1. The summed E-state index contributed by atoms with van der Waals surface area (Å²) in [6, 6.07) is 4.69.